The van der Waals surface area contributed by atoms with Gasteiger partial charge in [0.05, 0.1) is 22.4 Å². The molecule has 2 atom stereocenters. The number of sulfonamides is 1. The summed E-state index contributed by atoms with van der Waals surface area (Å²) in [6, 6.07) is 4.42. The number of rotatable bonds is 8. The van der Waals surface area contributed by atoms with E-state index in [0.29, 0.717) is 17.4 Å². The minimum absolute atomic E-state index is 0.0137. The molecular formula is C27H35F3N6O4S. The molecule has 1 aliphatic carbocycles. The van der Waals surface area contributed by atoms with E-state index in [4.69, 9.17) is 9.72 Å². The molecule has 0 radical (unpaired) electrons. The maximum atomic E-state index is 13.4. The third kappa shape index (κ3) is 6.26. The van der Waals surface area contributed by atoms with Gasteiger partial charge in [0, 0.05) is 31.4 Å². The first-order chi connectivity index (χ1) is 18.8. The fraction of sp³-hybridized carbons (Fsp3) is 0.556. The maximum absolute atomic E-state index is 13.4. The minimum Gasteiger partial charge on any atom is -0.476 e. The zero-order chi connectivity index (χ0) is 30.5. The summed E-state index contributed by atoms with van der Waals surface area (Å²) in [4.78, 5) is 18.1. The largest absolute Gasteiger partial charge is 0.476 e. The second-order valence-electron chi connectivity index (χ2n) is 12.1. The summed E-state index contributed by atoms with van der Waals surface area (Å²) < 4.78 is 75.9. The molecule has 3 aromatic heterocycles. The molecule has 41 heavy (non-hydrogen) atoms. The number of alkyl halides is 3. The number of aryl methyl sites for hydroxylation is 2. The Morgan fingerprint density at radius 3 is 2.44 bits per heavy atom. The topological polar surface area (TPSA) is 121 Å². The number of nitrogens with one attached hydrogen (secondary N) is 1. The average Bonchev–Trinajstić information content (AvgIpc) is 3.52. The number of amides is 1. The van der Waals surface area contributed by atoms with E-state index in [2.05, 4.69) is 35.7 Å². The Kier molecular flexibility index (Phi) is 7.78. The first-order valence-electron chi connectivity index (χ1n) is 13.1. The molecule has 0 aromatic carbocycles. The molecule has 1 unspecified atom stereocenters. The molecule has 3 aromatic rings. The van der Waals surface area contributed by atoms with E-state index in [1.54, 1.807) is 7.05 Å². The van der Waals surface area contributed by atoms with Crippen LogP contribution in [0, 0.1) is 23.7 Å². The van der Waals surface area contributed by atoms with Gasteiger partial charge in [-0.2, -0.15) is 18.3 Å². The van der Waals surface area contributed by atoms with Crippen LogP contribution in [0.3, 0.4) is 0 Å². The number of pyridine rings is 1. The van der Waals surface area contributed by atoms with E-state index < -0.39 is 34.1 Å². The Hall–Kier alpha value is -3.42. The van der Waals surface area contributed by atoms with Crippen LogP contribution in [0.5, 0.6) is 5.88 Å². The highest BCUT2D eigenvalue weighted by Gasteiger charge is 2.48. The third-order valence-corrected chi connectivity index (χ3v) is 9.01. The Labute approximate surface area is 237 Å². The van der Waals surface area contributed by atoms with Gasteiger partial charge in [0.25, 0.3) is 15.9 Å². The third-order valence-electron chi connectivity index (χ3n) is 7.57. The fourth-order valence-corrected chi connectivity index (χ4v) is 6.48. The molecule has 3 heterocycles. The molecule has 1 N–H and O–H groups in total. The first-order valence-corrected chi connectivity index (χ1v) is 14.6. The Morgan fingerprint density at radius 1 is 1.20 bits per heavy atom. The van der Waals surface area contributed by atoms with E-state index in [1.165, 1.54) is 46.9 Å². The Bertz CT molecular complexity index is 1560. The number of carbonyl (C=O) groups excluding carboxylic acids is 1. The smallest absolute Gasteiger partial charge is 0.397 e. The van der Waals surface area contributed by atoms with Crippen LogP contribution in [-0.2, 0) is 17.1 Å². The summed E-state index contributed by atoms with van der Waals surface area (Å²) in [5, 5.41) is 8.28. The number of hydrogen-bond donors (Lipinski definition) is 1. The van der Waals surface area contributed by atoms with Crippen LogP contribution in [0.1, 0.15) is 75.1 Å². The second-order valence-corrected chi connectivity index (χ2v) is 13.8. The van der Waals surface area contributed by atoms with Crippen molar-refractivity contribution in [2.75, 3.05) is 6.61 Å². The van der Waals surface area contributed by atoms with Crippen molar-refractivity contribution in [1.29, 1.82) is 0 Å². The minimum atomic E-state index is -4.45. The SMILES string of the molecule is Cc1nn(C)cc1S(=O)(=O)NC(=O)c1ccc(-n2ccc(OCC(C)(C)C(F)(F)F)n2)nc1C1C[C@@H](C)CC1(C)C. The number of halogens is 3. The van der Waals surface area contributed by atoms with Crippen LogP contribution in [0.4, 0.5) is 13.2 Å². The van der Waals surface area contributed by atoms with Gasteiger partial charge in [0.1, 0.15) is 11.5 Å². The Morgan fingerprint density at radius 2 is 1.88 bits per heavy atom. The molecule has 10 nitrogen and oxygen atoms in total. The number of nitrogens with zero attached hydrogens (tertiary/aromatic N) is 5. The van der Waals surface area contributed by atoms with Crippen LogP contribution < -0.4 is 9.46 Å². The van der Waals surface area contributed by atoms with Crippen LogP contribution in [-0.4, -0.2) is 51.7 Å². The zero-order valence-corrected chi connectivity index (χ0v) is 24.9. The molecule has 1 amide bonds. The van der Waals surface area contributed by atoms with Gasteiger partial charge in [0.15, 0.2) is 5.82 Å². The van der Waals surface area contributed by atoms with E-state index in [0.717, 1.165) is 26.7 Å². The summed E-state index contributed by atoms with van der Waals surface area (Å²) in [7, 11) is -2.63. The predicted molar refractivity (Wildman–Crippen MR) is 144 cm³/mol. The van der Waals surface area contributed by atoms with Crippen LogP contribution >= 0.6 is 0 Å². The van der Waals surface area contributed by atoms with Gasteiger partial charge in [-0.25, -0.2) is 22.8 Å². The maximum Gasteiger partial charge on any atom is 0.397 e. The van der Waals surface area contributed by atoms with Gasteiger partial charge < -0.3 is 4.74 Å². The molecule has 0 aliphatic heterocycles. The highest BCUT2D eigenvalue weighted by atomic mass is 32.2. The molecule has 0 bridgehead atoms. The van der Waals surface area contributed by atoms with Crippen molar-refractivity contribution < 1.29 is 31.1 Å². The quantitative estimate of drug-likeness (QED) is 0.391. The van der Waals surface area contributed by atoms with Gasteiger partial charge in [-0.15, -0.1) is 5.10 Å². The van der Waals surface area contributed by atoms with Crippen LogP contribution in [0.15, 0.2) is 35.5 Å². The molecule has 4 rings (SSSR count). The molecule has 1 aliphatic rings. The predicted octanol–water partition coefficient (Wildman–Crippen LogP) is 4.93. The molecule has 224 valence electrons. The van der Waals surface area contributed by atoms with Crippen molar-refractivity contribution >= 4 is 15.9 Å². The van der Waals surface area contributed by atoms with Crippen molar-refractivity contribution in [3.05, 3.63) is 47.5 Å². The van der Waals surface area contributed by atoms with Crippen LogP contribution in [0.2, 0.25) is 0 Å². The van der Waals surface area contributed by atoms with Crippen LogP contribution in [0.25, 0.3) is 5.82 Å². The summed E-state index contributed by atoms with van der Waals surface area (Å²) in [6.45, 7) is 9.27. The Balaban J connectivity index is 1.68. The van der Waals surface area contributed by atoms with Crippen molar-refractivity contribution in [3.63, 3.8) is 0 Å². The van der Waals surface area contributed by atoms with E-state index in [1.807, 2.05) is 0 Å². The summed E-state index contributed by atoms with van der Waals surface area (Å²) in [5.74, 6) is -0.348. The molecule has 0 spiro atoms. The normalized spacial score (nSPS) is 19.4. The fourth-order valence-electron chi connectivity index (χ4n) is 5.30. The molecule has 1 fully saturated rings. The molecule has 0 saturated heterocycles. The lowest BCUT2D eigenvalue weighted by Crippen LogP contribution is -2.37. The van der Waals surface area contributed by atoms with Gasteiger partial charge in [-0.05, 0) is 57.1 Å². The average molecular weight is 597 g/mol. The van der Waals surface area contributed by atoms with Crippen molar-refractivity contribution in [2.24, 2.45) is 23.8 Å². The number of aromatic nitrogens is 5. The van der Waals surface area contributed by atoms with E-state index in [9.17, 15) is 26.4 Å². The van der Waals surface area contributed by atoms with Gasteiger partial charge >= 0.3 is 6.18 Å². The standard InChI is InChI=1S/C27H35F3N6O4S/c1-16-12-19(25(3,4)13-16)23-18(24(37)34-41(38,39)20-14-35(7)32-17(20)2)8-9-21(31-23)36-11-10-22(33-36)40-15-26(5,6)27(28,29)30/h8-11,14,16,19H,12-13,15H2,1-7H3,(H,34,37)/t16-,19?/m1/s1. The van der Waals surface area contributed by atoms with Crippen molar-refractivity contribution in [2.45, 2.75) is 71.4 Å². The van der Waals surface area contributed by atoms with Gasteiger partial charge in [-0.3, -0.25) is 9.48 Å². The molecule has 14 heteroatoms. The van der Waals surface area contributed by atoms with E-state index in [-0.39, 0.29) is 33.4 Å². The monoisotopic (exact) mass is 596 g/mol. The van der Waals surface area contributed by atoms with Crippen molar-refractivity contribution in [3.8, 4) is 11.7 Å². The lowest BCUT2D eigenvalue weighted by molar-refractivity contribution is -0.219. The summed E-state index contributed by atoms with van der Waals surface area (Å²) >= 11 is 0. The number of carbonyl (C=O) groups is 1. The lowest BCUT2D eigenvalue weighted by atomic mass is 9.78. The van der Waals surface area contributed by atoms with Gasteiger partial charge in [0.2, 0.25) is 5.88 Å². The van der Waals surface area contributed by atoms with Gasteiger partial charge in [-0.1, -0.05) is 20.8 Å². The summed E-state index contributed by atoms with van der Waals surface area (Å²) in [6.07, 6.45) is -0.0103. The van der Waals surface area contributed by atoms with Crippen molar-refractivity contribution in [1.82, 2.24) is 29.3 Å². The highest BCUT2D eigenvalue weighted by Crippen LogP contribution is 2.51. The number of ether oxygens (including phenoxy) is 1. The highest BCUT2D eigenvalue weighted by molar-refractivity contribution is 7.90. The summed E-state index contributed by atoms with van der Waals surface area (Å²) in [5.41, 5.74) is -1.52. The second kappa shape index (κ2) is 10.4. The first kappa shape index (κ1) is 30.5. The zero-order valence-electron chi connectivity index (χ0n) is 24.1. The van der Waals surface area contributed by atoms with E-state index >= 15 is 0 Å². The molecular weight excluding hydrogens is 561 g/mol. The number of hydrogen-bond acceptors (Lipinski definition) is 7. The lowest BCUT2D eigenvalue weighted by Gasteiger charge is -2.28. The molecule has 1 saturated carbocycles.